The lowest BCUT2D eigenvalue weighted by atomic mass is 10.1. The van der Waals surface area contributed by atoms with Crippen LogP contribution in [0.15, 0.2) is 84.0 Å². The molecular weight excluding hydrogens is 490 g/mol. The Balaban J connectivity index is 1.21. The molecule has 2 N–H and O–H groups in total. The summed E-state index contributed by atoms with van der Waals surface area (Å²) in [5, 5.41) is 15.4. The van der Waals surface area contributed by atoms with Gasteiger partial charge in [0.25, 0.3) is 5.91 Å². The van der Waals surface area contributed by atoms with Gasteiger partial charge < -0.3 is 9.47 Å². The molecule has 4 rings (SSSR count). The SMILES string of the molecule is Cc1ccccc1C(=O)Nc1nnc(CC(=O)N/N=C\c2cccc(OCCOc3ccccc3)c2)s1. The minimum absolute atomic E-state index is 0.0141. The summed E-state index contributed by atoms with van der Waals surface area (Å²) in [4.78, 5) is 24.7. The van der Waals surface area contributed by atoms with E-state index in [0.29, 0.717) is 34.7 Å². The van der Waals surface area contributed by atoms with Crippen molar-refractivity contribution in [3.63, 3.8) is 0 Å². The Labute approximate surface area is 218 Å². The fourth-order valence-electron chi connectivity index (χ4n) is 3.24. The molecule has 4 aromatic rings. The first-order valence-corrected chi connectivity index (χ1v) is 12.3. The summed E-state index contributed by atoms with van der Waals surface area (Å²) in [6.07, 6.45) is 1.51. The van der Waals surface area contributed by atoms with Crippen LogP contribution in [-0.4, -0.2) is 41.4 Å². The summed E-state index contributed by atoms with van der Waals surface area (Å²) in [5.41, 5.74) is 4.65. The Bertz CT molecular complexity index is 1370. The zero-order chi connectivity index (χ0) is 25.9. The van der Waals surface area contributed by atoms with Gasteiger partial charge in [0.2, 0.25) is 11.0 Å². The molecule has 3 aromatic carbocycles. The van der Waals surface area contributed by atoms with Gasteiger partial charge in [0, 0.05) is 5.56 Å². The van der Waals surface area contributed by atoms with Crippen molar-refractivity contribution >= 4 is 34.5 Å². The standard InChI is InChI=1S/C27H25N5O4S/c1-19-8-5-6-13-23(19)26(34)29-27-32-31-25(37-27)17-24(33)30-28-18-20-9-7-12-22(16-20)36-15-14-35-21-10-3-2-4-11-21/h2-13,16,18H,14-15,17H2,1H3,(H,30,33)(H,29,32,34)/b28-18-. The van der Waals surface area contributed by atoms with Crippen molar-refractivity contribution in [2.45, 2.75) is 13.3 Å². The van der Waals surface area contributed by atoms with Gasteiger partial charge in [-0.1, -0.05) is 59.9 Å². The van der Waals surface area contributed by atoms with Crippen LogP contribution in [0.4, 0.5) is 5.13 Å². The van der Waals surface area contributed by atoms with Gasteiger partial charge in [-0.05, 0) is 48.4 Å². The number of aryl methyl sites for hydroxylation is 1. The summed E-state index contributed by atoms with van der Waals surface area (Å²) in [7, 11) is 0. The molecule has 0 spiro atoms. The molecule has 1 aromatic heterocycles. The normalized spacial score (nSPS) is 10.7. The second-order valence-corrected chi connectivity index (χ2v) is 8.88. The number of amides is 2. The molecule has 188 valence electrons. The summed E-state index contributed by atoms with van der Waals surface area (Å²) in [6, 6.07) is 24.1. The van der Waals surface area contributed by atoms with E-state index in [1.165, 1.54) is 6.21 Å². The van der Waals surface area contributed by atoms with Gasteiger partial charge in [0.1, 0.15) is 29.7 Å². The molecule has 0 aliphatic heterocycles. The Kier molecular flexibility index (Phi) is 8.92. The Morgan fingerprint density at radius 3 is 2.46 bits per heavy atom. The lowest BCUT2D eigenvalue weighted by Gasteiger charge is -2.08. The number of hydrogen-bond donors (Lipinski definition) is 2. The number of nitrogens with one attached hydrogen (secondary N) is 2. The van der Waals surface area contributed by atoms with E-state index in [2.05, 4.69) is 26.0 Å². The number of carbonyl (C=O) groups excluding carboxylic acids is 2. The highest BCUT2D eigenvalue weighted by atomic mass is 32.1. The van der Waals surface area contributed by atoms with Gasteiger partial charge in [-0.15, -0.1) is 10.2 Å². The Morgan fingerprint density at radius 1 is 0.919 bits per heavy atom. The highest BCUT2D eigenvalue weighted by molar-refractivity contribution is 7.15. The molecule has 0 fully saturated rings. The van der Waals surface area contributed by atoms with E-state index >= 15 is 0 Å². The highest BCUT2D eigenvalue weighted by Gasteiger charge is 2.13. The molecule has 0 bridgehead atoms. The third kappa shape index (κ3) is 7.97. The largest absolute Gasteiger partial charge is 0.490 e. The average Bonchev–Trinajstić information content (AvgIpc) is 3.34. The van der Waals surface area contributed by atoms with Gasteiger partial charge in [-0.3, -0.25) is 14.9 Å². The minimum atomic E-state index is -0.352. The van der Waals surface area contributed by atoms with Crippen molar-refractivity contribution < 1.29 is 19.1 Å². The number of para-hydroxylation sites is 1. The molecule has 9 nitrogen and oxygen atoms in total. The average molecular weight is 516 g/mol. The lowest BCUT2D eigenvalue weighted by Crippen LogP contribution is -2.19. The van der Waals surface area contributed by atoms with Crippen molar-refractivity contribution in [2.75, 3.05) is 18.5 Å². The van der Waals surface area contributed by atoms with Gasteiger partial charge in [-0.25, -0.2) is 5.43 Å². The van der Waals surface area contributed by atoms with Crippen molar-refractivity contribution in [1.29, 1.82) is 0 Å². The number of anilines is 1. The Hall–Kier alpha value is -4.57. The molecule has 0 radical (unpaired) electrons. The maximum atomic E-state index is 12.4. The minimum Gasteiger partial charge on any atom is -0.490 e. The van der Waals surface area contributed by atoms with Crippen molar-refractivity contribution in [2.24, 2.45) is 5.10 Å². The molecule has 0 aliphatic carbocycles. The van der Waals surface area contributed by atoms with Crippen molar-refractivity contribution in [3.05, 3.63) is 101 Å². The number of nitrogens with zero attached hydrogens (tertiary/aromatic N) is 3. The maximum Gasteiger partial charge on any atom is 0.257 e. The van der Waals surface area contributed by atoms with Crippen LogP contribution in [0.1, 0.15) is 26.5 Å². The van der Waals surface area contributed by atoms with Crippen LogP contribution >= 0.6 is 11.3 Å². The number of hydrazone groups is 1. The van der Waals surface area contributed by atoms with E-state index in [9.17, 15) is 9.59 Å². The first kappa shape index (κ1) is 25.5. The zero-order valence-corrected chi connectivity index (χ0v) is 20.9. The van der Waals surface area contributed by atoms with E-state index in [1.807, 2.05) is 73.7 Å². The van der Waals surface area contributed by atoms with Crippen LogP contribution in [0.2, 0.25) is 0 Å². The zero-order valence-electron chi connectivity index (χ0n) is 20.1. The van der Waals surface area contributed by atoms with E-state index in [1.54, 1.807) is 12.1 Å². The lowest BCUT2D eigenvalue weighted by molar-refractivity contribution is -0.120. The van der Waals surface area contributed by atoms with Crippen LogP contribution in [0.5, 0.6) is 11.5 Å². The summed E-state index contributed by atoms with van der Waals surface area (Å²) < 4.78 is 11.3. The molecule has 0 aliphatic rings. The quantitative estimate of drug-likeness (QED) is 0.175. The monoisotopic (exact) mass is 515 g/mol. The second kappa shape index (κ2) is 12.9. The molecule has 2 amide bonds. The van der Waals surface area contributed by atoms with Gasteiger partial charge in [-0.2, -0.15) is 5.10 Å². The van der Waals surface area contributed by atoms with Gasteiger partial charge in [0.15, 0.2) is 0 Å². The third-order valence-corrected chi connectivity index (χ3v) is 5.85. The Morgan fingerprint density at radius 2 is 1.65 bits per heavy atom. The molecule has 37 heavy (non-hydrogen) atoms. The van der Waals surface area contributed by atoms with Gasteiger partial charge >= 0.3 is 0 Å². The second-order valence-electron chi connectivity index (χ2n) is 7.82. The predicted molar refractivity (Wildman–Crippen MR) is 142 cm³/mol. The third-order valence-electron chi connectivity index (χ3n) is 5.01. The first-order valence-electron chi connectivity index (χ1n) is 11.5. The van der Waals surface area contributed by atoms with Crippen LogP contribution in [0, 0.1) is 6.92 Å². The van der Waals surface area contributed by atoms with Crippen LogP contribution in [0.3, 0.4) is 0 Å². The summed E-state index contributed by atoms with van der Waals surface area (Å²) in [5.74, 6) is 0.833. The van der Waals surface area contributed by atoms with E-state index in [4.69, 9.17) is 9.47 Å². The van der Waals surface area contributed by atoms with Crippen LogP contribution < -0.4 is 20.2 Å². The molecule has 10 heteroatoms. The maximum absolute atomic E-state index is 12.4. The molecule has 0 saturated carbocycles. The van der Waals surface area contributed by atoms with E-state index < -0.39 is 0 Å². The fraction of sp³-hybridized carbons (Fsp3) is 0.148. The number of rotatable bonds is 11. The number of benzene rings is 3. The summed E-state index contributed by atoms with van der Waals surface area (Å²) in [6.45, 7) is 2.67. The molecule has 0 unspecified atom stereocenters. The highest BCUT2D eigenvalue weighted by Crippen LogP contribution is 2.18. The molecule has 0 atom stereocenters. The number of hydrogen-bond acceptors (Lipinski definition) is 8. The molecule has 1 heterocycles. The first-order chi connectivity index (χ1) is 18.1. The molecular formula is C27H25N5O4S. The predicted octanol–water partition coefficient (Wildman–Crippen LogP) is 4.25. The smallest absolute Gasteiger partial charge is 0.257 e. The fourth-order valence-corrected chi connectivity index (χ4v) is 3.98. The van der Waals surface area contributed by atoms with Crippen LogP contribution in [0.25, 0.3) is 0 Å². The number of ether oxygens (including phenoxy) is 2. The number of carbonyl (C=O) groups is 2. The topological polar surface area (TPSA) is 115 Å². The van der Waals surface area contributed by atoms with Gasteiger partial charge in [0.05, 0.1) is 12.6 Å². The van der Waals surface area contributed by atoms with Crippen molar-refractivity contribution in [3.8, 4) is 11.5 Å². The molecule has 0 saturated heterocycles. The summed E-state index contributed by atoms with van der Waals surface area (Å²) >= 11 is 1.14. The van der Waals surface area contributed by atoms with E-state index in [0.717, 1.165) is 28.2 Å². The van der Waals surface area contributed by atoms with Crippen LogP contribution in [-0.2, 0) is 11.2 Å². The van der Waals surface area contributed by atoms with Crippen molar-refractivity contribution in [1.82, 2.24) is 15.6 Å². The number of aromatic nitrogens is 2. The van der Waals surface area contributed by atoms with E-state index in [-0.39, 0.29) is 18.2 Å².